The van der Waals surface area contributed by atoms with E-state index in [9.17, 15) is 19.2 Å². The lowest BCUT2D eigenvalue weighted by molar-refractivity contribution is -0.161. The summed E-state index contributed by atoms with van der Waals surface area (Å²) >= 11 is 0. The Kier molecular flexibility index (Phi) is 14.4. The minimum atomic E-state index is -0.434. The Bertz CT molecular complexity index is 1040. The van der Waals surface area contributed by atoms with Gasteiger partial charge in [0.25, 0.3) is 0 Å². The third kappa shape index (κ3) is 10.9. The molecule has 0 aliphatic carbocycles. The van der Waals surface area contributed by atoms with Crippen molar-refractivity contribution in [3.05, 3.63) is 0 Å². The number of esters is 4. The molecule has 0 amide bonds. The number of hydrogen-bond donors (Lipinski definition) is 0. The van der Waals surface area contributed by atoms with Crippen molar-refractivity contribution in [1.82, 2.24) is 0 Å². The molecule has 12 heteroatoms. The zero-order valence-electron chi connectivity index (χ0n) is 32.6. The standard InChI is InChI=1S/C40H64O12/c1-21-17-29-9-13-34(49-29)26(6)38(42)46-23(3)19-31-11-15-36(51-31)28(8)40(44)48-24(4)20-32-12-16-35(52-32)27(7)39(43)47-22(2)18-30-10-14-33(50-30)25(5)37(41)45-21/h21-36H,9-20H2,1-8H3/t21-,22-,23-,24-,25+,26+,27+,28+,29-,30-,31-,32-,33-,34-,35-,36-/m1/s1. The van der Waals surface area contributed by atoms with Crippen LogP contribution in [0.5, 0.6) is 0 Å². The van der Waals surface area contributed by atoms with Crippen LogP contribution in [0.1, 0.15) is 132 Å². The van der Waals surface area contributed by atoms with Gasteiger partial charge in [0.05, 0.1) is 72.5 Å². The van der Waals surface area contributed by atoms with Gasteiger partial charge in [-0.1, -0.05) is 0 Å². The second-order valence-electron chi connectivity index (χ2n) is 16.6. The molecule has 52 heavy (non-hydrogen) atoms. The fourth-order valence-corrected chi connectivity index (χ4v) is 8.60. The van der Waals surface area contributed by atoms with Crippen LogP contribution in [0.25, 0.3) is 0 Å². The molecule has 5 rings (SSSR count). The molecule has 5 aliphatic heterocycles. The maximum Gasteiger partial charge on any atom is 0.311 e. The summed E-state index contributed by atoms with van der Waals surface area (Å²) < 4.78 is 48.4. The molecule has 0 saturated carbocycles. The second kappa shape index (κ2) is 18.4. The SMILES string of the molecule is C[C@@H]1C[C@H]2CC[C@@H](O2)[C@H](C)C(=O)O[C@H](C)C[C@H]2CC[C@@H](O2)[C@H](C)C(=O)O[C@H](C)C[C@H]2CC[C@@H](O2)[C@H](C)C(=O)O[C@H](C)C[C@H]2CC[C@@H](O2)[C@H](C)C(=O)O1. The molecule has 0 aromatic carbocycles. The molecule has 296 valence electrons. The molecule has 0 N–H and O–H groups in total. The van der Waals surface area contributed by atoms with E-state index in [2.05, 4.69) is 0 Å². The van der Waals surface area contributed by atoms with E-state index in [1.54, 1.807) is 0 Å². The average Bonchev–Trinajstić information content (AvgIpc) is 3.91. The van der Waals surface area contributed by atoms with Gasteiger partial charge >= 0.3 is 23.9 Å². The lowest BCUT2D eigenvalue weighted by atomic mass is 10.00. The first-order valence-corrected chi connectivity index (χ1v) is 20.1. The van der Waals surface area contributed by atoms with Crippen molar-refractivity contribution >= 4 is 23.9 Å². The number of carbonyl (C=O) groups is 4. The van der Waals surface area contributed by atoms with Crippen LogP contribution >= 0.6 is 0 Å². The molecular formula is C40H64O12. The highest BCUT2D eigenvalue weighted by molar-refractivity contribution is 5.74. The van der Waals surface area contributed by atoms with E-state index in [0.717, 1.165) is 51.4 Å². The molecule has 5 fully saturated rings. The van der Waals surface area contributed by atoms with Crippen LogP contribution < -0.4 is 0 Å². The van der Waals surface area contributed by atoms with E-state index in [0.29, 0.717) is 25.7 Å². The fourth-order valence-electron chi connectivity index (χ4n) is 8.60. The van der Waals surface area contributed by atoms with Crippen molar-refractivity contribution in [2.75, 3.05) is 0 Å². The van der Waals surface area contributed by atoms with Gasteiger partial charge < -0.3 is 37.9 Å². The van der Waals surface area contributed by atoms with Crippen LogP contribution in [0.3, 0.4) is 0 Å². The maximum atomic E-state index is 13.1. The summed E-state index contributed by atoms with van der Waals surface area (Å²) in [7, 11) is 0. The Morgan fingerprint density at radius 3 is 0.712 bits per heavy atom. The summed E-state index contributed by atoms with van der Waals surface area (Å²) in [6, 6.07) is 0. The van der Waals surface area contributed by atoms with Crippen molar-refractivity contribution in [3.63, 3.8) is 0 Å². The first kappa shape index (κ1) is 40.9. The highest BCUT2D eigenvalue weighted by Gasteiger charge is 2.41. The van der Waals surface area contributed by atoms with E-state index in [-0.39, 0.29) is 97.1 Å². The highest BCUT2D eigenvalue weighted by atomic mass is 16.6. The summed E-state index contributed by atoms with van der Waals surface area (Å²) in [4.78, 5) is 52.4. The van der Waals surface area contributed by atoms with Crippen LogP contribution in [-0.4, -0.2) is 97.1 Å². The average molecular weight is 737 g/mol. The zero-order valence-corrected chi connectivity index (χ0v) is 32.6. The maximum absolute atomic E-state index is 13.1. The molecule has 0 radical (unpaired) electrons. The Balaban J connectivity index is 1.19. The van der Waals surface area contributed by atoms with Crippen LogP contribution in [-0.2, 0) is 57.1 Å². The molecule has 16 atom stereocenters. The molecule has 0 aromatic rings. The number of carbonyl (C=O) groups excluding carboxylic acids is 4. The van der Waals surface area contributed by atoms with Gasteiger partial charge in [-0.25, -0.2) is 0 Å². The Morgan fingerprint density at radius 2 is 0.519 bits per heavy atom. The van der Waals surface area contributed by atoms with Crippen molar-refractivity contribution < 1.29 is 57.1 Å². The van der Waals surface area contributed by atoms with E-state index >= 15 is 0 Å². The fraction of sp³-hybridized carbons (Fsp3) is 0.900. The zero-order chi connectivity index (χ0) is 37.7. The van der Waals surface area contributed by atoms with E-state index in [1.807, 2.05) is 55.4 Å². The Morgan fingerprint density at radius 1 is 0.327 bits per heavy atom. The minimum absolute atomic E-state index is 0.119. The molecule has 0 unspecified atom stereocenters. The van der Waals surface area contributed by atoms with E-state index in [4.69, 9.17) is 37.9 Å². The van der Waals surface area contributed by atoms with Gasteiger partial charge in [-0.2, -0.15) is 0 Å². The third-order valence-electron chi connectivity index (χ3n) is 11.9. The topological polar surface area (TPSA) is 142 Å². The molecule has 5 heterocycles. The van der Waals surface area contributed by atoms with Gasteiger partial charge in [0, 0.05) is 25.7 Å². The Labute approximate surface area is 309 Å². The van der Waals surface area contributed by atoms with Crippen molar-refractivity contribution in [2.45, 2.75) is 206 Å². The highest BCUT2D eigenvalue weighted by Crippen LogP contribution is 2.34. The summed E-state index contributed by atoms with van der Waals surface area (Å²) in [6.45, 7) is 14.9. The predicted octanol–water partition coefficient (Wildman–Crippen LogP) is 6.02. The summed E-state index contributed by atoms with van der Waals surface area (Å²) in [5.74, 6) is -2.93. The molecule has 0 aromatic heterocycles. The molecule has 8 bridgehead atoms. The van der Waals surface area contributed by atoms with Crippen LogP contribution in [0.15, 0.2) is 0 Å². The van der Waals surface area contributed by atoms with Crippen LogP contribution in [0, 0.1) is 23.7 Å². The van der Waals surface area contributed by atoms with Gasteiger partial charge in [-0.15, -0.1) is 0 Å². The minimum Gasteiger partial charge on any atom is -0.462 e. The Hall–Kier alpha value is -2.28. The van der Waals surface area contributed by atoms with Gasteiger partial charge in [0.1, 0.15) is 24.4 Å². The van der Waals surface area contributed by atoms with Gasteiger partial charge in [-0.3, -0.25) is 19.2 Å². The lowest BCUT2D eigenvalue weighted by Crippen LogP contribution is -2.34. The summed E-state index contributed by atoms with van der Waals surface area (Å²) in [5, 5.41) is 0. The molecule has 5 aliphatic rings. The molecular weight excluding hydrogens is 672 g/mol. The molecule has 12 nitrogen and oxygen atoms in total. The van der Waals surface area contributed by atoms with E-state index in [1.165, 1.54) is 0 Å². The van der Waals surface area contributed by atoms with Gasteiger partial charge in [0.2, 0.25) is 0 Å². The first-order chi connectivity index (χ1) is 24.7. The van der Waals surface area contributed by atoms with Gasteiger partial charge in [-0.05, 0) is 107 Å². The number of rotatable bonds is 0. The smallest absolute Gasteiger partial charge is 0.311 e. The third-order valence-corrected chi connectivity index (χ3v) is 11.9. The van der Waals surface area contributed by atoms with Crippen molar-refractivity contribution in [1.29, 1.82) is 0 Å². The quantitative estimate of drug-likeness (QED) is 0.212. The number of fused-ring (bicyclic) bond motifs is 8. The van der Waals surface area contributed by atoms with Crippen LogP contribution in [0.4, 0.5) is 0 Å². The normalized spacial score (nSPS) is 45.2. The predicted molar refractivity (Wildman–Crippen MR) is 189 cm³/mol. The van der Waals surface area contributed by atoms with Crippen molar-refractivity contribution in [3.8, 4) is 0 Å². The number of hydrogen-bond acceptors (Lipinski definition) is 12. The summed E-state index contributed by atoms with van der Waals surface area (Å²) in [6.07, 6.45) is 5.22. The summed E-state index contributed by atoms with van der Waals surface area (Å²) in [5.41, 5.74) is 0. The molecule has 5 saturated heterocycles. The van der Waals surface area contributed by atoms with Gasteiger partial charge in [0.15, 0.2) is 0 Å². The first-order valence-electron chi connectivity index (χ1n) is 20.1. The number of ether oxygens (including phenoxy) is 8. The lowest BCUT2D eigenvalue weighted by Gasteiger charge is -2.26. The van der Waals surface area contributed by atoms with E-state index < -0.39 is 23.7 Å². The van der Waals surface area contributed by atoms with Crippen molar-refractivity contribution in [2.24, 2.45) is 23.7 Å². The monoisotopic (exact) mass is 736 g/mol. The number of cyclic esters (lactones) is 4. The largest absolute Gasteiger partial charge is 0.462 e. The second-order valence-corrected chi connectivity index (χ2v) is 16.6. The molecule has 0 spiro atoms. The van der Waals surface area contributed by atoms with Crippen LogP contribution in [0.2, 0.25) is 0 Å².